The van der Waals surface area contributed by atoms with E-state index in [1.165, 1.54) is 0 Å². The molecule has 0 radical (unpaired) electrons. The highest BCUT2D eigenvalue weighted by molar-refractivity contribution is 9.10. The molecule has 0 bridgehead atoms. The Bertz CT molecular complexity index is 1100. The van der Waals surface area contributed by atoms with Crippen molar-refractivity contribution in [2.75, 3.05) is 13.1 Å². The second-order valence-electron chi connectivity index (χ2n) is 7.65. The largest absolute Gasteiger partial charge is 0.361 e. The summed E-state index contributed by atoms with van der Waals surface area (Å²) in [5.74, 6) is -0.760. The number of amides is 3. The molecular formula is C23H23BrN4O3. The molecule has 31 heavy (non-hydrogen) atoms. The summed E-state index contributed by atoms with van der Waals surface area (Å²) >= 11 is 3.37. The number of hydrazine groups is 1. The maximum absolute atomic E-state index is 12.6. The average Bonchev–Trinajstić information content (AvgIpc) is 3.20. The predicted octanol–water partition coefficient (Wildman–Crippen LogP) is 3.17. The molecule has 0 spiro atoms. The Labute approximate surface area is 188 Å². The van der Waals surface area contributed by atoms with Crippen LogP contribution in [-0.2, 0) is 16.0 Å². The summed E-state index contributed by atoms with van der Waals surface area (Å²) in [7, 11) is 0. The van der Waals surface area contributed by atoms with E-state index in [4.69, 9.17) is 0 Å². The van der Waals surface area contributed by atoms with E-state index in [9.17, 15) is 14.4 Å². The van der Waals surface area contributed by atoms with Gasteiger partial charge in [-0.1, -0.05) is 34.1 Å². The Kier molecular flexibility index (Phi) is 6.36. The predicted molar refractivity (Wildman–Crippen MR) is 121 cm³/mol. The van der Waals surface area contributed by atoms with Gasteiger partial charge >= 0.3 is 0 Å². The summed E-state index contributed by atoms with van der Waals surface area (Å²) in [6.45, 7) is 1.02. The number of hydrogen-bond donors (Lipinski definition) is 3. The molecule has 2 heterocycles. The molecule has 1 aromatic heterocycles. The number of nitrogens with one attached hydrogen (secondary N) is 3. The van der Waals surface area contributed by atoms with Crippen molar-refractivity contribution in [2.24, 2.45) is 5.92 Å². The molecule has 1 aliphatic rings. The number of carbonyl (C=O) groups excluding carboxylic acids is 3. The molecule has 1 aliphatic heterocycles. The minimum absolute atomic E-state index is 0.0293. The van der Waals surface area contributed by atoms with E-state index in [2.05, 4.69) is 31.8 Å². The lowest BCUT2D eigenvalue weighted by molar-refractivity contribution is -0.131. The molecule has 2 aromatic carbocycles. The SMILES string of the molecule is O=C(Cc1c[nH]c2ccccc12)NNC(=O)C1CCN(C(=O)c2ccc(Br)cc2)CC1. The zero-order valence-corrected chi connectivity index (χ0v) is 18.4. The van der Waals surface area contributed by atoms with E-state index in [0.29, 0.717) is 31.5 Å². The third-order valence-corrected chi connectivity index (χ3v) is 6.12. The first kappa shape index (κ1) is 21.1. The van der Waals surface area contributed by atoms with Crippen molar-refractivity contribution in [3.05, 3.63) is 70.3 Å². The Morgan fingerprint density at radius 2 is 1.71 bits per heavy atom. The van der Waals surface area contributed by atoms with Gasteiger partial charge in [0.15, 0.2) is 0 Å². The van der Waals surface area contributed by atoms with Gasteiger partial charge in [-0.25, -0.2) is 0 Å². The molecule has 8 heteroatoms. The van der Waals surface area contributed by atoms with E-state index in [0.717, 1.165) is 20.9 Å². The summed E-state index contributed by atoms with van der Waals surface area (Å²) < 4.78 is 0.922. The number of halogens is 1. The summed E-state index contributed by atoms with van der Waals surface area (Å²) in [5, 5.41) is 0.992. The summed E-state index contributed by atoms with van der Waals surface area (Å²) in [6, 6.07) is 15.0. The fourth-order valence-electron chi connectivity index (χ4n) is 3.85. The van der Waals surface area contributed by atoms with Gasteiger partial charge in [0.1, 0.15) is 0 Å². The van der Waals surface area contributed by atoms with Crippen LogP contribution in [0.2, 0.25) is 0 Å². The Balaban J connectivity index is 1.24. The Morgan fingerprint density at radius 1 is 1.00 bits per heavy atom. The van der Waals surface area contributed by atoms with Crippen LogP contribution in [0.1, 0.15) is 28.8 Å². The molecule has 0 aliphatic carbocycles. The highest BCUT2D eigenvalue weighted by atomic mass is 79.9. The van der Waals surface area contributed by atoms with Gasteiger partial charge in [0.2, 0.25) is 11.8 Å². The van der Waals surface area contributed by atoms with Crippen molar-refractivity contribution in [2.45, 2.75) is 19.3 Å². The van der Waals surface area contributed by atoms with E-state index >= 15 is 0 Å². The summed E-state index contributed by atoms with van der Waals surface area (Å²) in [4.78, 5) is 42.2. The van der Waals surface area contributed by atoms with Crippen LogP contribution in [-0.4, -0.2) is 40.7 Å². The minimum Gasteiger partial charge on any atom is -0.361 e. The lowest BCUT2D eigenvalue weighted by atomic mass is 9.95. The van der Waals surface area contributed by atoms with Crippen LogP contribution in [0.15, 0.2) is 59.2 Å². The molecule has 4 rings (SSSR count). The molecule has 0 unspecified atom stereocenters. The summed E-state index contributed by atoms with van der Waals surface area (Å²) in [6.07, 6.45) is 3.10. The van der Waals surface area contributed by atoms with Gasteiger partial charge in [0, 0.05) is 46.1 Å². The van der Waals surface area contributed by atoms with Crippen LogP contribution in [0.4, 0.5) is 0 Å². The zero-order valence-electron chi connectivity index (χ0n) is 16.9. The molecule has 7 nitrogen and oxygen atoms in total. The van der Waals surface area contributed by atoms with Crippen LogP contribution in [0, 0.1) is 5.92 Å². The smallest absolute Gasteiger partial charge is 0.253 e. The minimum atomic E-state index is -0.277. The number of fused-ring (bicyclic) bond motifs is 1. The first-order valence-electron chi connectivity index (χ1n) is 10.2. The number of likely N-dealkylation sites (tertiary alicyclic amines) is 1. The molecular weight excluding hydrogens is 460 g/mol. The monoisotopic (exact) mass is 482 g/mol. The molecule has 1 fully saturated rings. The number of rotatable bonds is 4. The van der Waals surface area contributed by atoms with Gasteiger partial charge in [-0.3, -0.25) is 25.2 Å². The topological polar surface area (TPSA) is 94.3 Å². The quantitative estimate of drug-likeness (QED) is 0.498. The third kappa shape index (κ3) is 4.96. The van der Waals surface area contributed by atoms with Gasteiger partial charge in [0.05, 0.1) is 6.42 Å². The van der Waals surface area contributed by atoms with Crippen molar-refractivity contribution in [3.63, 3.8) is 0 Å². The lowest BCUT2D eigenvalue weighted by Gasteiger charge is -2.31. The fourth-order valence-corrected chi connectivity index (χ4v) is 4.11. The number of benzene rings is 2. The fraction of sp³-hybridized carbons (Fsp3) is 0.261. The number of aromatic nitrogens is 1. The van der Waals surface area contributed by atoms with Crippen molar-refractivity contribution in [1.29, 1.82) is 0 Å². The molecule has 3 aromatic rings. The number of piperidine rings is 1. The van der Waals surface area contributed by atoms with Crippen molar-refractivity contribution < 1.29 is 14.4 Å². The highest BCUT2D eigenvalue weighted by Crippen LogP contribution is 2.20. The maximum Gasteiger partial charge on any atom is 0.253 e. The number of aromatic amines is 1. The summed E-state index contributed by atoms with van der Waals surface area (Å²) in [5.41, 5.74) is 7.53. The van der Waals surface area contributed by atoms with Gasteiger partial charge in [-0.05, 0) is 48.7 Å². The number of para-hydroxylation sites is 1. The molecule has 0 atom stereocenters. The standard InChI is InChI=1S/C23H23BrN4O3/c24-18-7-5-16(6-8-18)23(31)28-11-9-15(10-12-28)22(30)27-26-21(29)13-17-14-25-20-4-2-1-3-19(17)20/h1-8,14-15,25H,9-13H2,(H,26,29)(H,27,30). The van der Waals surface area contributed by atoms with Crippen LogP contribution >= 0.6 is 15.9 Å². The van der Waals surface area contributed by atoms with Gasteiger partial charge in [-0.2, -0.15) is 0 Å². The normalized spacial score (nSPS) is 14.4. The van der Waals surface area contributed by atoms with Gasteiger partial charge in [-0.15, -0.1) is 0 Å². The number of H-pyrrole nitrogens is 1. The van der Waals surface area contributed by atoms with Crippen LogP contribution in [0.25, 0.3) is 10.9 Å². The van der Waals surface area contributed by atoms with E-state index in [-0.39, 0.29) is 30.1 Å². The number of hydrogen-bond acceptors (Lipinski definition) is 3. The van der Waals surface area contributed by atoms with Gasteiger partial charge in [0.25, 0.3) is 5.91 Å². The van der Waals surface area contributed by atoms with E-state index in [1.807, 2.05) is 42.6 Å². The lowest BCUT2D eigenvalue weighted by Crippen LogP contribution is -2.48. The molecule has 3 amide bonds. The second-order valence-corrected chi connectivity index (χ2v) is 8.56. The van der Waals surface area contributed by atoms with Crippen LogP contribution in [0.3, 0.4) is 0 Å². The van der Waals surface area contributed by atoms with E-state index < -0.39 is 0 Å². The Hall–Kier alpha value is -3.13. The van der Waals surface area contributed by atoms with Crippen LogP contribution < -0.4 is 10.9 Å². The zero-order chi connectivity index (χ0) is 21.8. The van der Waals surface area contributed by atoms with Crippen molar-refractivity contribution >= 4 is 44.6 Å². The first-order chi connectivity index (χ1) is 15.0. The first-order valence-corrected chi connectivity index (χ1v) is 11.0. The maximum atomic E-state index is 12.6. The molecule has 3 N–H and O–H groups in total. The van der Waals surface area contributed by atoms with Crippen molar-refractivity contribution in [1.82, 2.24) is 20.7 Å². The second kappa shape index (κ2) is 9.34. The van der Waals surface area contributed by atoms with Crippen LogP contribution in [0.5, 0.6) is 0 Å². The third-order valence-electron chi connectivity index (χ3n) is 5.60. The van der Waals surface area contributed by atoms with E-state index in [1.54, 1.807) is 17.0 Å². The van der Waals surface area contributed by atoms with Crippen molar-refractivity contribution in [3.8, 4) is 0 Å². The number of carbonyl (C=O) groups is 3. The number of nitrogens with zero attached hydrogens (tertiary/aromatic N) is 1. The molecule has 1 saturated heterocycles. The Morgan fingerprint density at radius 3 is 2.45 bits per heavy atom. The highest BCUT2D eigenvalue weighted by Gasteiger charge is 2.28. The average molecular weight is 483 g/mol. The molecule has 160 valence electrons. The molecule has 0 saturated carbocycles. The van der Waals surface area contributed by atoms with Gasteiger partial charge < -0.3 is 9.88 Å².